The van der Waals surface area contributed by atoms with Crippen molar-refractivity contribution in [1.29, 1.82) is 0 Å². The van der Waals surface area contributed by atoms with Crippen LogP contribution < -0.4 is 5.32 Å². The predicted octanol–water partition coefficient (Wildman–Crippen LogP) is 2.08. The molecule has 1 aromatic rings. The molecule has 0 unspecified atom stereocenters. The number of hydrogen-bond donors (Lipinski definition) is 3. The minimum atomic E-state index is -0.900. The lowest BCUT2D eigenvalue weighted by molar-refractivity contribution is -0.123. The van der Waals surface area contributed by atoms with Crippen LogP contribution in [0.15, 0.2) is 29.2 Å². The molecule has 164 valence electrons. The second kappa shape index (κ2) is 9.22. The van der Waals surface area contributed by atoms with Gasteiger partial charge in [-0.05, 0) is 24.8 Å². The molecule has 0 aromatic heterocycles. The molecular weight excluding hydrogens is 430 g/mol. The minimum absolute atomic E-state index is 0.0389. The van der Waals surface area contributed by atoms with Crippen molar-refractivity contribution < 1.29 is 38.9 Å². The molecule has 1 aliphatic heterocycles. The predicted molar refractivity (Wildman–Crippen MR) is 108 cm³/mol. The Balaban J connectivity index is 1.98. The summed E-state index contributed by atoms with van der Waals surface area (Å²) < 4.78 is 10.2. The standard InChI is InChI=1S/C21H20ClNO8/c1-30-20-11-6-7-31-21(29)17-10(18(22)14(25)9-13(17)24)4-2-3-5-16(27)23-12(19(11)28)8-15(20)26/h8-9,24-25H,2-7H2,1H3,(H,23,27). The van der Waals surface area contributed by atoms with E-state index in [1.165, 1.54) is 7.11 Å². The number of carbonyl (C=O) groups is 4. The third-order valence-corrected chi connectivity index (χ3v) is 5.38. The Morgan fingerprint density at radius 1 is 1.06 bits per heavy atom. The molecule has 0 saturated heterocycles. The molecule has 1 amide bonds. The van der Waals surface area contributed by atoms with Crippen molar-refractivity contribution >= 4 is 35.0 Å². The number of allylic oxidation sites excluding steroid dienone is 2. The first-order valence-electron chi connectivity index (χ1n) is 9.52. The van der Waals surface area contributed by atoms with E-state index < -0.39 is 29.2 Å². The summed E-state index contributed by atoms with van der Waals surface area (Å²) in [5.41, 5.74) is -0.208. The zero-order valence-corrected chi connectivity index (χ0v) is 17.4. The molecule has 2 bridgehead atoms. The van der Waals surface area contributed by atoms with Crippen molar-refractivity contribution in [3.05, 3.63) is 45.3 Å². The van der Waals surface area contributed by atoms with Gasteiger partial charge >= 0.3 is 5.97 Å². The van der Waals surface area contributed by atoms with Gasteiger partial charge in [-0.3, -0.25) is 14.4 Å². The van der Waals surface area contributed by atoms with Gasteiger partial charge in [0.15, 0.2) is 5.76 Å². The van der Waals surface area contributed by atoms with Crippen LogP contribution in [0.1, 0.15) is 41.6 Å². The van der Waals surface area contributed by atoms with Crippen molar-refractivity contribution in [2.45, 2.75) is 32.1 Å². The number of ether oxygens (including phenoxy) is 2. The quantitative estimate of drug-likeness (QED) is 0.437. The van der Waals surface area contributed by atoms with Gasteiger partial charge < -0.3 is 25.0 Å². The third-order valence-electron chi connectivity index (χ3n) is 4.96. The number of nitrogens with one attached hydrogen (secondary N) is 1. The highest BCUT2D eigenvalue weighted by atomic mass is 35.5. The van der Waals surface area contributed by atoms with E-state index in [2.05, 4.69) is 5.32 Å². The number of halogens is 1. The molecule has 10 heteroatoms. The van der Waals surface area contributed by atoms with Gasteiger partial charge in [-0.1, -0.05) is 11.6 Å². The van der Waals surface area contributed by atoms with Crippen LogP contribution in [0.5, 0.6) is 11.5 Å². The van der Waals surface area contributed by atoms with Crippen molar-refractivity contribution in [2.75, 3.05) is 13.7 Å². The second-order valence-corrected chi connectivity index (χ2v) is 7.36. The Morgan fingerprint density at radius 3 is 2.48 bits per heavy atom. The van der Waals surface area contributed by atoms with Gasteiger partial charge in [0, 0.05) is 25.0 Å². The van der Waals surface area contributed by atoms with Gasteiger partial charge in [0.1, 0.15) is 17.1 Å². The molecule has 0 radical (unpaired) electrons. The summed E-state index contributed by atoms with van der Waals surface area (Å²) in [6, 6.07) is 0.940. The van der Waals surface area contributed by atoms with E-state index in [9.17, 15) is 29.4 Å². The number of phenols is 2. The summed E-state index contributed by atoms with van der Waals surface area (Å²) in [5, 5.41) is 22.5. The molecule has 0 saturated carbocycles. The number of phenolic OH excluding ortho intramolecular Hbond substituents is 2. The van der Waals surface area contributed by atoms with E-state index in [1.807, 2.05) is 0 Å². The summed E-state index contributed by atoms with van der Waals surface area (Å²) in [6.07, 6.45) is 1.82. The molecule has 31 heavy (non-hydrogen) atoms. The molecule has 0 fully saturated rings. The molecule has 3 rings (SSSR count). The number of amides is 1. The molecule has 1 aliphatic carbocycles. The zero-order chi connectivity index (χ0) is 22.7. The van der Waals surface area contributed by atoms with Gasteiger partial charge in [0.05, 0.1) is 30.0 Å². The van der Waals surface area contributed by atoms with Crippen molar-refractivity contribution in [3.63, 3.8) is 0 Å². The number of fused-ring (bicyclic) bond motifs is 3. The lowest BCUT2D eigenvalue weighted by Crippen LogP contribution is -2.32. The van der Waals surface area contributed by atoms with E-state index in [0.29, 0.717) is 12.8 Å². The largest absolute Gasteiger partial charge is 0.507 e. The SMILES string of the molecule is COC1=C2CCOC(=O)c3c(O)cc(O)c(Cl)c3CCCCC(=O)NC(=CC1=O)C2=O. The lowest BCUT2D eigenvalue weighted by Gasteiger charge is -2.18. The third kappa shape index (κ3) is 4.56. The smallest absolute Gasteiger partial charge is 0.342 e. The van der Waals surface area contributed by atoms with Crippen LogP contribution in [0.2, 0.25) is 5.02 Å². The summed E-state index contributed by atoms with van der Waals surface area (Å²) in [4.78, 5) is 49.9. The van der Waals surface area contributed by atoms with Crippen LogP contribution in [0.4, 0.5) is 0 Å². The van der Waals surface area contributed by atoms with E-state index >= 15 is 0 Å². The first-order chi connectivity index (χ1) is 14.7. The number of cyclic esters (lactones) is 1. The second-order valence-electron chi connectivity index (χ2n) is 6.99. The van der Waals surface area contributed by atoms with Crippen LogP contribution in [-0.2, 0) is 30.3 Å². The maximum atomic E-state index is 12.7. The van der Waals surface area contributed by atoms with Gasteiger partial charge in [-0.2, -0.15) is 0 Å². The van der Waals surface area contributed by atoms with E-state index in [1.54, 1.807) is 0 Å². The maximum absolute atomic E-state index is 12.7. The Kier molecular flexibility index (Phi) is 6.65. The van der Waals surface area contributed by atoms with Gasteiger partial charge in [-0.15, -0.1) is 0 Å². The molecule has 1 aromatic carbocycles. The number of methoxy groups -OCH3 is 1. The first kappa shape index (κ1) is 22.4. The van der Waals surface area contributed by atoms with E-state index in [0.717, 1.165) is 12.1 Å². The Morgan fingerprint density at radius 2 is 1.77 bits per heavy atom. The number of benzene rings is 1. The highest BCUT2D eigenvalue weighted by Gasteiger charge is 2.31. The molecule has 0 atom stereocenters. The van der Waals surface area contributed by atoms with Crippen molar-refractivity contribution in [2.24, 2.45) is 0 Å². The van der Waals surface area contributed by atoms with Crippen LogP contribution >= 0.6 is 11.6 Å². The summed E-state index contributed by atoms with van der Waals surface area (Å²) >= 11 is 6.14. The first-order valence-corrected chi connectivity index (χ1v) is 9.90. The Hall–Kier alpha value is -3.33. The Bertz CT molecular complexity index is 1040. The highest BCUT2D eigenvalue weighted by Crippen LogP contribution is 2.37. The number of aromatic hydroxyl groups is 2. The van der Waals surface area contributed by atoms with Gasteiger partial charge in [0.25, 0.3) is 0 Å². The van der Waals surface area contributed by atoms with Gasteiger partial charge in [-0.25, -0.2) is 4.79 Å². The fourth-order valence-electron chi connectivity index (χ4n) is 3.48. The molecule has 1 heterocycles. The topological polar surface area (TPSA) is 139 Å². The lowest BCUT2D eigenvalue weighted by atomic mass is 9.96. The number of Topliss-reactive ketones (excluding diaryl/α,β-unsaturated/α-hetero) is 1. The average molecular weight is 450 g/mol. The van der Waals surface area contributed by atoms with E-state index in [4.69, 9.17) is 21.1 Å². The van der Waals surface area contributed by atoms with E-state index in [-0.39, 0.29) is 64.8 Å². The molecule has 2 aliphatic rings. The Labute approximate surface area is 182 Å². The summed E-state index contributed by atoms with van der Waals surface area (Å²) in [7, 11) is 1.23. The minimum Gasteiger partial charge on any atom is -0.507 e. The average Bonchev–Trinajstić information content (AvgIpc) is 2.71. The summed E-state index contributed by atoms with van der Waals surface area (Å²) in [6.45, 7) is -0.307. The van der Waals surface area contributed by atoms with Crippen LogP contribution in [0, 0.1) is 0 Å². The molecule has 9 nitrogen and oxygen atoms in total. The molecular formula is C21H20ClNO8. The zero-order valence-electron chi connectivity index (χ0n) is 16.6. The van der Waals surface area contributed by atoms with Crippen molar-refractivity contribution in [3.8, 4) is 11.5 Å². The number of rotatable bonds is 1. The van der Waals surface area contributed by atoms with Crippen molar-refractivity contribution in [1.82, 2.24) is 5.32 Å². The summed E-state index contributed by atoms with van der Waals surface area (Å²) in [5.74, 6) is -3.64. The number of esters is 1. The normalized spacial score (nSPS) is 18.3. The fraction of sp³-hybridized carbons (Fsp3) is 0.333. The fourth-order valence-corrected chi connectivity index (χ4v) is 3.73. The van der Waals surface area contributed by atoms with Crippen LogP contribution in [0.25, 0.3) is 0 Å². The molecule has 0 spiro atoms. The monoisotopic (exact) mass is 449 g/mol. The highest BCUT2D eigenvalue weighted by molar-refractivity contribution is 6.33. The van der Waals surface area contributed by atoms with Gasteiger partial charge in [0.2, 0.25) is 17.5 Å². The van der Waals surface area contributed by atoms with Crippen LogP contribution in [-0.4, -0.2) is 47.4 Å². The number of ketones is 2. The number of hydrogen-bond acceptors (Lipinski definition) is 8. The molecule has 3 N–H and O–H groups in total. The van der Waals surface area contributed by atoms with Crippen LogP contribution in [0.3, 0.4) is 0 Å². The maximum Gasteiger partial charge on any atom is 0.342 e. The number of carbonyl (C=O) groups excluding carboxylic acids is 4.